The van der Waals surface area contributed by atoms with Crippen molar-refractivity contribution < 1.29 is 4.92 Å². The molecule has 1 aromatic rings. The van der Waals surface area contributed by atoms with Crippen LogP contribution < -0.4 is 4.90 Å². The van der Waals surface area contributed by atoms with Gasteiger partial charge in [-0.2, -0.15) is 11.8 Å². The summed E-state index contributed by atoms with van der Waals surface area (Å²) < 4.78 is 0. The molecule has 17 heavy (non-hydrogen) atoms. The van der Waals surface area contributed by atoms with Crippen LogP contribution in [-0.4, -0.2) is 29.5 Å². The molecule has 2 rings (SSSR count). The van der Waals surface area contributed by atoms with Gasteiger partial charge in [0.25, 0.3) is 5.69 Å². The molecular formula is C10H10Cl2N2O2S. The second-order valence-corrected chi connectivity index (χ2v) is 5.65. The molecule has 1 aliphatic rings. The molecular weight excluding hydrogens is 283 g/mol. The lowest BCUT2D eigenvalue weighted by Gasteiger charge is -2.29. The van der Waals surface area contributed by atoms with Crippen molar-refractivity contribution in [3.8, 4) is 0 Å². The Kier molecular flexibility index (Phi) is 4.01. The van der Waals surface area contributed by atoms with Gasteiger partial charge in [-0.3, -0.25) is 10.1 Å². The van der Waals surface area contributed by atoms with Gasteiger partial charge < -0.3 is 4.90 Å². The summed E-state index contributed by atoms with van der Waals surface area (Å²) in [4.78, 5) is 12.2. The molecule has 92 valence electrons. The number of halogens is 2. The number of non-ortho nitro benzene ring substituents is 1. The molecule has 1 aliphatic heterocycles. The summed E-state index contributed by atoms with van der Waals surface area (Å²) in [6, 6.07) is 2.70. The molecule has 0 saturated carbocycles. The molecule has 0 amide bonds. The zero-order chi connectivity index (χ0) is 12.4. The number of hydrogen-bond donors (Lipinski definition) is 0. The van der Waals surface area contributed by atoms with E-state index in [1.165, 1.54) is 12.1 Å². The predicted molar refractivity (Wildman–Crippen MR) is 72.7 cm³/mol. The first kappa shape index (κ1) is 12.8. The van der Waals surface area contributed by atoms with Crippen LogP contribution in [0.4, 0.5) is 11.4 Å². The minimum Gasteiger partial charge on any atom is -0.367 e. The maximum atomic E-state index is 10.7. The highest BCUT2D eigenvalue weighted by Gasteiger charge is 2.20. The van der Waals surface area contributed by atoms with Gasteiger partial charge in [0, 0.05) is 36.7 Å². The van der Waals surface area contributed by atoms with Crippen LogP contribution in [0.3, 0.4) is 0 Å². The lowest BCUT2D eigenvalue weighted by Crippen LogP contribution is -2.32. The SMILES string of the molecule is O=[N+]([O-])c1cc(Cl)c(N2CCSCC2)c(Cl)c1. The van der Waals surface area contributed by atoms with Crippen molar-refractivity contribution in [2.45, 2.75) is 0 Å². The Morgan fingerprint density at radius 3 is 2.24 bits per heavy atom. The molecule has 1 aromatic carbocycles. The number of nitrogens with zero attached hydrogens (tertiary/aromatic N) is 2. The fourth-order valence-corrected chi connectivity index (χ4v) is 3.36. The lowest BCUT2D eigenvalue weighted by molar-refractivity contribution is -0.384. The largest absolute Gasteiger partial charge is 0.367 e. The van der Waals surface area contributed by atoms with Gasteiger partial charge in [-0.25, -0.2) is 0 Å². The Labute approximate surface area is 113 Å². The van der Waals surface area contributed by atoms with Gasteiger partial charge in [-0.1, -0.05) is 23.2 Å². The molecule has 0 spiro atoms. The van der Waals surface area contributed by atoms with Crippen molar-refractivity contribution in [3.63, 3.8) is 0 Å². The van der Waals surface area contributed by atoms with Gasteiger partial charge in [-0.05, 0) is 0 Å². The van der Waals surface area contributed by atoms with E-state index in [0.29, 0.717) is 15.7 Å². The van der Waals surface area contributed by atoms with Crippen molar-refractivity contribution in [2.75, 3.05) is 29.5 Å². The van der Waals surface area contributed by atoms with Crippen LogP contribution in [0.1, 0.15) is 0 Å². The number of rotatable bonds is 2. The van der Waals surface area contributed by atoms with E-state index in [1.807, 2.05) is 11.8 Å². The molecule has 0 bridgehead atoms. The zero-order valence-electron chi connectivity index (χ0n) is 8.86. The van der Waals surface area contributed by atoms with Crippen LogP contribution >= 0.6 is 35.0 Å². The van der Waals surface area contributed by atoms with Gasteiger partial charge in [0.15, 0.2) is 0 Å². The van der Waals surface area contributed by atoms with E-state index >= 15 is 0 Å². The van der Waals surface area contributed by atoms with Crippen molar-refractivity contribution in [1.29, 1.82) is 0 Å². The van der Waals surface area contributed by atoms with E-state index in [-0.39, 0.29) is 5.69 Å². The number of nitro groups is 1. The maximum absolute atomic E-state index is 10.7. The Bertz CT molecular complexity index is 427. The van der Waals surface area contributed by atoms with E-state index < -0.39 is 4.92 Å². The van der Waals surface area contributed by atoms with Gasteiger partial charge in [-0.15, -0.1) is 0 Å². The Morgan fingerprint density at radius 1 is 1.24 bits per heavy atom. The van der Waals surface area contributed by atoms with Crippen molar-refractivity contribution in [2.24, 2.45) is 0 Å². The monoisotopic (exact) mass is 292 g/mol. The fourth-order valence-electron chi connectivity index (χ4n) is 1.75. The van der Waals surface area contributed by atoms with Gasteiger partial charge >= 0.3 is 0 Å². The quantitative estimate of drug-likeness (QED) is 0.619. The number of nitro benzene ring substituents is 1. The minimum absolute atomic E-state index is 0.0739. The van der Waals surface area contributed by atoms with Crippen LogP contribution in [0.5, 0.6) is 0 Å². The second-order valence-electron chi connectivity index (χ2n) is 3.61. The summed E-state index contributed by atoms with van der Waals surface area (Å²) in [7, 11) is 0. The molecule has 0 aromatic heterocycles. The van der Waals surface area contributed by atoms with Gasteiger partial charge in [0.1, 0.15) is 0 Å². The molecule has 7 heteroatoms. The molecule has 1 fully saturated rings. The fraction of sp³-hybridized carbons (Fsp3) is 0.400. The predicted octanol–water partition coefficient (Wildman–Crippen LogP) is 3.45. The second kappa shape index (κ2) is 5.33. The summed E-state index contributed by atoms with van der Waals surface area (Å²) in [5, 5.41) is 11.4. The highest BCUT2D eigenvalue weighted by atomic mass is 35.5. The summed E-state index contributed by atoms with van der Waals surface area (Å²) in [6.07, 6.45) is 0. The Morgan fingerprint density at radius 2 is 1.76 bits per heavy atom. The third-order valence-corrected chi connectivity index (χ3v) is 4.06. The van der Waals surface area contributed by atoms with Gasteiger partial charge in [0.05, 0.1) is 20.7 Å². The molecule has 1 heterocycles. The average molecular weight is 293 g/mol. The lowest BCUT2D eigenvalue weighted by atomic mass is 10.2. The van der Waals surface area contributed by atoms with E-state index in [1.54, 1.807) is 0 Å². The zero-order valence-corrected chi connectivity index (χ0v) is 11.2. The van der Waals surface area contributed by atoms with E-state index in [0.717, 1.165) is 24.6 Å². The highest BCUT2D eigenvalue weighted by Crippen LogP contribution is 2.38. The van der Waals surface area contributed by atoms with Crippen LogP contribution in [0.15, 0.2) is 12.1 Å². The van der Waals surface area contributed by atoms with Crippen LogP contribution in [0.2, 0.25) is 10.0 Å². The van der Waals surface area contributed by atoms with Crippen LogP contribution in [0, 0.1) is 10.1 Å². The average Bonchev–Trinajstić information content (AvgIpc) is 2.29. The summed E-state index contributed by atoms with van der Waals surface area (Å²) in [6.45, 7) is 1.73. The van der Waals surface area contributed by atoms with Gasteiger partial charge in [0.2, 0.25) is 0 Å². The Balaban J connectivity index is 2.37. The minimum atomic E-state index is -0.492. The third-order valence-electron chi connectivity index (χ3n) is 2.54. The normalized spacial score (nSPS) is 16.0. The molecule has 0 radical (unpaired) electrons. The number of anilines is 1. The number of thioether (sulfide) groups is 1. The molecule has 0 N–H and O–H groups in total. The van der Waals surface area contributed by atoms with Crippen molar-refractivity contribution in [1.82, 2.24) is 0 Å². The highest BCUT2D eigenvalue weighted by molar-refractivity contribution is 7.99. The molecule has 0 aliphatic carbocycles. The van der Waals surface area contributed by atoms with E-state index in [4.69, 9.17) is 23.2 Å². The first-order valence-electron chi connectivity index (χ1n) is 5.05. The molecule has 4 nitrogen and oxygen atoms in total. The smallest absolute Gasteiger partial charge is 0.272 e. The van der Waals surface area contributed by atoms with Crippen molar-refractivity contribution in [3.05, 3.63) is 32.3 Å². The van der Waals surface area contributed by atoms with Crippen molar-refractivity contribution >= 4 is 46.3 Å². The summed E-state index contributed by atoms with van der Waals surface area (Å²) >= 11 is 14.0. The first-order chi connectivity index (χ1) is 8.09. The molecule has 1 saturated heterocycles. The summed E-state index contributed by atoms with van der Waals surface area (Å²) in [5.74, 6) is 2.04. The topological polar surface area (TPSA) is 46.4 Å². The Hall–Kier alpha value is -0.650. The number of hydrogen-bond acceptors (Lipinski definition) is 4. The van der Waals surface area contributed by atoms with E-state index in [2.05, 4.69) is 4.90 Å². The summed E-state index contributed by atoms with van der Waals surface area (Å²) in [5.41, 5.74) is 0.634. The van der Waals surface area contributed by atoms with Crippen LogP contribution in [0.25, 0.3) is 0 Å². The standard InChI is InChI=1S/C10H10Cl2N2O2S/c11-8-5-7(14(15)16)6-9(12)10(8)13-1-3-17-4-2-13/h5-6H,1-4H2. The first-order valence-corrected chi connectivity index (χ1v) is 6.97. The van der Waals surface area contributed by atoms with E-state index in [9.17, 15) is 10.1 Å². The molecule has 0 atom stereocenters. The molecule has 0 unspecified atom stereocenters. The van der Waals surface area contributed by atoms with Crippen LogP contribution in [-0.2, 0) is 0 Å². The third kappa shape index (κ3) is 2.78. The number of benzene rings is 1. The maximum Gasteiger partial charge on any atom is 0.272 e.